The van der Waals surface area contributed by atoms with E-state index in [4.69, 9.17) is 22.0 Å². The molecule has 1 aliphatic carbocycles. The van der Waals surface area contributed by atoms with Crippen molar-refractivity contribution in [3.05, 3.63) is 11.1 Å². The van der Waals surface area contributed by atoms with Gasteiger partial charge in [0.2, 0.25) is 0 Å². The number of allylic oxidation sites excluding steroid dienone is 2. The minimum absolute atomic E-state index is 0.0711. The lowest BCUT2D eigenvalue weighted by Gasteiger charge is -1.96. The Morgan fingerprint density at radius 3 is 2.54 bits per heavy atom. The number of carbonyl (C=O) groups is 1. The normalized spacial score (nSPS) is 30.8. The Morgan fingerprint density at radius 2 is 2.23 bits per heavy atom. The summed E-state index contributed by atoms with van der Waals surface area (Å²) in [7, 11) is 0. The molecular formula is C9H10ClNO2. The van der Waals surface area contributed by atoms with E-state index >= 15 is 0 Å². The third kappa shape index (κ3) is 1.68. The Bertz CT molecular complexity index is 314. The molecular weight excluding hydrogens is 190 g/mol. The van der Waals surface area contributed by atoms with E-state index in [2.05, 4.69) is 0 Å². The van der Waals surface area contributed by atoms with Gasteiger partial charge in [-0.05, 0) is 11.3 Å². The van der Waals surface area contributed by atoms with Gasteiger partial charge in [-0.1, -0.05) is 31.5 Å². The quantitative estimate of drug-likeness (QED) is 0.692. The first-order valence-electron chi connectivity index (χ1n) is 3.91. The second-order valence-electron chi connectivity index (χ2n) is 3.79. The van der Waals surface area contributed by atoms with Crippen LogP contribution in [-0.2, 0) is 4.79 Å². The molecule has 0 amide bonds. The molecule has 1 N–H and O–H groups in total. The molecule has 0 aromatic rings. The van der Waals surface area contributed by atoms with Gasteiger partial charge in [0.15, 0.2) is 0 Å². The van der Waals surface area contributed by atoms with Gasteiger partial charge in [0.25, 0.3) is 0 Å². The van der Waals surface area contributed by atoms with Crippen LogP contribution >= 0.6 is 11.6 Å². The van der Waals surface area contributed by atoms with E-state index in [0.717, 1.165) is 0 Å². The van der Waals surface area contributed by atoms with E-state index in [1.54, 1.807) is 6.07 Å². The number of halogens is 1. The van der Waals surface area contributed by atoms with Crippen LogP contribution in [-0.4, -0.2) is 11.1 Å². The molecule has 0 aromatic carbocycles. The number of nitriles is 1. The summed E-state index contributed by atoms with van der Waals surface area (Å²) in [6.45, 7) is 3.71. The van der Waals surface area contributed by atoms with Crippen LogP contribution < -0.4 is 0 Å². The number of carboxylic acid groups (broad SMARTS) is 1. The zero-order valence-electron chi connectivity index (χ0n) is 7.41. The van der Waals surface area contributed by atoms with Crippen molar-refractivity contribution in [3.63, 3.8) is 0 Å². The van der Waals surface area contributed by atoms with Gasteiger partial charge in [0, 0.05) is 0 Å². The summed E-state index contributed by atoms with van der Waals surface area (Å²) in [6.07, 6.45) is 1.53. The van der Waals surface area contributed by atoms with Gasteiger partial charge in [0.05, 0.1) is 5.92 Å². The third-order valence-corrected chi connectivity index (χ3v) is 2.82. The molecule has 4 heteroatoms. The maximum Gasteiger partial charge on any atom is 0.307 e. The van der Waals surface area contributed by atoms with Crippen molar-refractivity contribution in [3.8, 4) is 6.07 Å². The van der Waals surface area contributed by atoms with Crippen LogP contribution in [0.1, 0.15) is 13.8 Å². The smallest absolute Gasteiger partial charge is 0.307 e. The SMILES string of the molecule is CC1(C)[C@H](/C=C(\Cl)C#N)[C@H]1C(=O)O. The summed E-state index contributed by atoms with van der Waals surface area (Å²) in [5.41, 5.74) is -0.275. The summed E-state index contributed by atoms with van der Waals surface area (Å²) in [5.74, 6) is -1.35. The highest BCUT2D eigenvalue weighted by molar-refractivity contribution is 6.31. The molecule has 0 aromatic heterocycles. The lowest BCUT2D eigenvalue weighted by atomic mass is 10.1. The molecule has 0 radical (unpaired) electrons. The standard InChI is InChI=1S/C9H10ClNO2/c1-9(2)6(3-5(10)4-11)7(9)8(12)13/h3,6-7H,1-2H3,(H,12,13)/b5-3-/t6-,7+/m1/s1. The van der Waals surface area contributed by atoms with E-state index in [0.29, 0.717) is 0 Å². The molecule has 0 spiro atoms. The fourth-order valence-electron chi connectivity index (χ4n) is 1.66. The minimum Gasteiger partial charge on any atom is -0.481 e. The highest BCUT2D eigenvalue weighted by Gasteiger charge is 2.61. The summed E-state index contributed by atoms with van der Waals surface area (Å²) in [4.78, 5) is 10.7. The Balaban J connectivity index is 2.79. The van der Waals surface area contributed by atoms with Gasteiger partial charge in [-0.25, -0.2) is 0 Å². The number of carboxylic acids is 1. The summed E-state index contributed by atoms with van der Waals surface area (Å²) in [5, 5.41) is 17.3. The average Bonchev–Trinajstić information content (AvgIpc) is 2.53. The van der Waals surface area contributed by atoms with Crippen molar-refractivity contribution >= 4 is 17.6 Å². The molecule has 0 unspecified atom stereocenters. The second kappa shape index (κ2) is 3.04. The van der Waals surface area contributed by atoms with Gasteiger partial charge in [0.1, 0.15) is 11.1 Å². The van der Waals surface area contributed by atoms with Gasteiger partial charge in [-0.15, -0.1) is 0 Å². The van der Waals surface area contributed by atoms with Gasteiger partial charge < -0.3 is 5.11 Å². The molecule has 0 bridgehead atoms. The summed E-state index contributed by atoms with van der Waals surface area (Å²) >= 11 is 5.50. The molecule has 1 saturated carbocycles. The van der Waals surface area contributed by atoms with Gasteiger partial charge >= 0.3 is 5.97 Å². The van der Waals surface area contributed by atoms with Crippen LogP contribution in [0.5, 0.6) is 0 Å². The lowest BCUT2D eigenvalue weighted by molar-refractivity contribution is -0.139. The zero-order valence-corrected chi connectivity index (χ0v) is 8.17. The fourth-order valence-corrected chi connectivity index (χ4v) is 1.79. The van der Waals surface area contributed by atoms with Crippen molar-refractivity contribution < 1.29 is 9.90 Å². The van der Waals surface area contributed by atoms with E-state index in [1.807, 2.05) is 13.8 Å². The van der Waals surface area contributed by atoms with Crippen LogP contribution in [0.2, 0.25) is 0 Å². The number of rotatable bonds is 2. The molecule has 1 fully saturated rings. The van der Waals surface area contributed by atoms with Gasteiger partial charge in [-0.3, -0.25) is 4.79 Å². The van der Waals surface area contributed by atoms with Gasteiger partial charge in [-0.2, -0.15) is 5.26 Å². The molecule has 1 rings (SSSR count). The number of hydrogen-bond acceptors (Lipinski definition) is 2. The molecule has 3 nitrogen and oxygen atoms in total. The highest BCUT2D eigenvalue weighted by Crippen LogP contribution is 2.59. The number of hydrogen-bond donors (Lipinski definition) is 1. The first-order valence-corrected chi connectivity index (χ1v) is 4.29. The van der Waals surface area contributed by atoms with E-state index < -0.39 is 11.9 Å². The molecule has 13 heavy (non-hydrogen) atoms. The second-order valence-corrected chi connectivity index (χ2v) is 4.20. The minimum atomic E-state index is -0.825. The van der Waals surface area contributed by atoms with Crippen LogP contribution in [0.15, 0.2) is 11.1 Å². The molecule has 70 valence electrons. The predicted molar refractivity (Wildman–Crippen MR) is 47.9 cm³/mol. The Hall–Kier alpha value is -1.01. The topological polar surface area (TPSA) is 61.1 Å². The zero-order chi connectivity index (χ0) is 10.2. The maximum absolute atomic E-state index is 10.7. The maximum atomic E-state index is 10.7. The predicted octanol–water partition coefficient (Wildman–Crippen LogP) is 1.99. The Kier molecular flexibility index (Phi) is 2.36. The molecule has 0 saturated heterocycles. The summed E-state index contributed by atoms with van der Waals surface area (Å²) in [6, 6.07) is 1.77. The Morgan fingerprint density at radius 1 is 1.69 bits per heavy atom. The van der Waals surface area contributed by atoms with Crippen LogP contribution in [0, 0.1) is 28.6 Å². The first-order chi connectivity index (χ1) is 5.91. The molecule has 1 aliphatic rings. The van der Waals surface area contributed by atoms with Crippen molar-refractivity contribution in [2.75, 3.05) is 0 Å². The van der Waals surface area contributed by atoms with Crippen molar-refractivity contribution in [1.82, 2.24) is 0 Å². The molecule has 0 heterocycles. The average molecular weight is 200 g/mol. The van der Waals surface area contributed by atoms with Crippen molar-refractivity contribution in [2.45, 2.75) is 13.8 Å². The number of nitrogens with zero attached hydrogens (tertiary/aromatic N) is 1. The van der Waals surface area contributed by atoms with Crippen LogP contribution in [0.4, 0.5) is 0 Å². The Labute approximate surface area is 81.6 Å². The van der Waals surface area contributed by atoms with Crippen LogP contribution in [0.25, 0.3) is 0 Å². The van der Waals surface area contributed by atoms with Crippen molar-refractivity contribution in [2.24, 2.45) is 17.3 Å². The molecule has 0 aliphatic heterocycles. The highest BCUT2D eigenvalue weighted by atomic mass is 35.5. The van der Waals surface area contributed by atoms with E-state index in [1.165, 1.54) is 6.08 Å². The largest absolute Gasteiger partial charge is 0.481 e. The molecule has 2 atom stereocenters. The number of aliphatic carboxylic acids is 1. The van der Waals surface area contributed by atoms with E-state index in [9.17, 15) is 4.79 Å². The third-order valence-electron chi connectivity index (χ3n) is 2.61. The summed E-state index contributed by atoms with van der Waals surface area (Å²) < 4.78 is 0. The van der Waals surface area contributed by atoms with E-state index in [-0.39, 0.29) is 16.4 Å². The monoisotopic (exact) mass is 199 g/mol. The lowest BCUT2D eigenvalue weighted by Crippen LogP contribution is -2.02. The first kappa shape index (κ1) is 10.1. The fraction of sp³-hybridized carbons (Fsp3) is 0.556. The van der Waals surface area contributed by atoms with Crippen LogP contribution in [0.3, 0.4) is 0 Å². The van der Waals surface area contributed by atoms with Crippen molar-refractivity contribution in [1.29, 1.82) is 5.26 Å².